The normalized spacial score (nSPS) is 13.9. The molecule has 0 bridgehead atoms. The quantitative estimate of drug-likeness (QED) is 0.366. The lowest BCUT2D eigenvalue weighted by Gasteiger charge is -2.30. The second-order valence-corrected chi connectivity index (χ2v) is 8.96. The van der Waals surface area contributed by atoms with E-state index in [2.05, 4.69) is 20.5 Å². The zero-order valence-electron chi connectivity index (χ0n) is 20.6. The number of piperidine rings is 1. The van der Waals surface area contributed by atoms with Gasteiger partial charge in [-0.15, -0.1) is 0 Å². The second kappa shape index (κ2) is 10.2. The molecule has 4 heterocycles. The van der Waals surface area contributed by atoms with Gasteiger partial charge in [0.2, 0.25) is 0 Å². The number of carbonyl (C=O) groups is 2. The van der Waals surface area contributed by atoms with Crippen molar-refractivity contribution in [2.75, 3.05) is 25.9 Å². The molecule has 1 aromatic carbocycles. The first-order chi connectivity index (χ1) is 18.3. The molecule has 0 radical (unpaired) electrons. The average Bonchev–Trinajstić information content (AvgIpc) is 3.44. The lowest BCUT2D eigenvalue weighted by molar-refractivity contribution is 0.0963. The topological polar surface area (TPSA) is 161 Å². The molecule has 4 N–H and O–H groups in total. The molecular formula is C26H26N8O4. The van der Waals surface area contributed by atoms with Gasteiger partial charge in [0.15, 0.2) is 0 Å². The van der Waals surface area contributed by atoms with E-state index in [1.807, 2.05) is 16.9 Å². The van der Waals surface area contributed by atoms with E-state index in [1.54, 1.807) is 42.7 Å². The van der Waals surface area contributed by atoms with Gasteiger partial charge in [0.25, 0.3) is 11.5 Å². The summed E-state index contributed by atoms with van der Waals surface area (Å²) in [6, 6.07) is 11.5. The van der Waals surface area contributed by atoms with Crippen LogP contribution in [0, 0.1) is 0 Å². The second-order valence-electron chi connectivity index (χ2n) is 8.96. The number of carbonyl (C=O) groups excluding carboxylic acids is 1. The van der Waals surface area contributed by atoms with Crippen LogP contribution < -0.4 is 16.6 Å². The molecule has 1 aliphatic rings. The van der Waals surface area contributed by atoms with Crippen LogP contribution >= 0.6 is 0 Å². The lowest BCUT2D eigenvalue weighted by atomic mass is 10.1. The zero-order valence-corrected chi connectivity index (χ0v) is 20.6. The summed E-state index contributed by atoms with van der Waals surface area (Å²) in [7, 11) is 1.54. The first-order valence-electron chi connectivity index (χ1n) is 12.0. The number of carboxylic acid groups (broad SMARTS) is 1. The number of amides is 2. The van der Waals surface area contributed by atoms with Gasteiger partial charge in [0, 0.05) is 60.9 Å². The molecule has 2 amide bonds. The average molecular weight is 515 g/mol. The fourth-order valence-corrected chi connectivity index (χ4v) is 4.51. The Morgan fingerprint density at radius 2 is 1.87 bits per heavy atom. The van der Waals surface area contributed by atoms with Gasteiger partial charge in [0.1, 0.15) is 5.82 Å². The highest BCUT2D eigenvalue weighted by Crippen LogP contribution is 2.30. The molecule has 0 unspecified atom stereocenters. The van der Waals surface area contributed by atoms with Crippen molar-refractivity contribution < 1.29 is 14.7 Å². The van der Waals surface area contributed by atoms with Crippen LogP contribution in [0.2, 0.25) is 0 Å². The van der Waals surface area contributed by atoms with Crippen LogP contribution in [0.3, 0.4) is 0 Å². The number of anilines is 1. The maximum Gasteiger partial charge on any atom is 0.407 e. The Morgan fingerprint density at radius 3 is 2.61 bits per heavy atom. The summed E-state index contributed by atoms with van der Waals surface area (Å²) in [5.74, 6) is -0.0239. The Labute approximate surface area is 217 Å². The summed E-state index contributed by atoms with van der Waals surface area (Å²) >= 11 is 0. The van der Waals surface area contributed by atoms with Crippen molar-refractivity contribution in [1.82, 2.24) is 34.8 Å². The number of benzene rings is 1. The monoisotopic (exact) mass is 514 g/mol. The predicted octanol–water partition coefficient (Wildman–Crippen LogP) is 2.41. The first-order valence-corrected chi connectivity index (χ1v) is 12.0. The van der Waals surface area contributed by atoms with Gasteiger partial charge in [-0.2, -0.15) is 14.9 Å². The molecule has 0 atom stereocenters. The Balaban J connectivity index is 1.44. The molecule has 194 valence electrons. The van der Waals surface area contributed by atoms with Gasteiger partial charge in [-0.3, -0.25) is 14.3 Å². The fraction of sp³-hybridized carbons (Fsp3) is 0.231. The number of rotatable bonds is 5. The minimum Gasteiger partial charge on any atom is -0.465 e. The Kier molecular flexibility index (Phi) is 6.60. The third-order valence-corrected chi connectivity index (χ3v) is 6.62. The third kappa shape index (κ3) is 4.83. The van der Waals surface area contributed by atoms with Gasteiger partial charge in [-0.25, -0.2) is 9.78 Å². The van der Waals surface area contributed by atoms with E-state index in [-0.39, 0.29) is 23.3 Å². The Morgan fingerprint density at radius 1 is 1.08 bits per heavy atom. The molecule has 5 rings (SSSR count). The van der Waals surface area contributed by atoms with Crippen molar-refractivity contribution in [2.24, 2.45) is 0 Å². The summed E-state index contributed by atoms with van der Waals surface area (Å²) < 4.78 is 3.08. The summed E-state index contributed by atoms with van der Waals surface area (Å²) in [5.41, 5.74) is 9.26. The van der Waals surface area contributed by atoms with E-state index in [0.717, 1.165) is 11.1 Å². The summed E-state index contributed by atoms with van der Waals surface area (Å²) in [4.78, 5) is 41.6. The SMILES string of the molecule is CNC(=O)c1cccc(-n2nc(-c3cc(-c4cnn(C5CCN(C(=O)O)CC5)c4)cnc3N)ccc2=O)c1. The van der Waals surface area contributed by atoms with Crippen LogP contribution in [0.25, 0.3) is 28.1 Å². The summed E-state index contributed by atoms with van der Waals surface area (Å²) in [5, 5.41) is 20.8. The fourth-order valence-electron chi connectivity index (χ4n) is 4.51. The lowest BCUT2D eigenvalue weighted by Crippen LogP contribution is -2.38. The molecule has 3 aromatic heterocycles. The van der Waals surface area contributed by atoms with E-state index in [4.69, 9.17) is 5.73 Å². The van der Waals surface area contributed by atoms with Gasteiger partial charge in [-0.1, -0.05) is 6.07 Å². The molecule has 0 saturated carbocycles. The van der Waals surface area contributed by atoms with Crippen LogP contribution in [0.4, 0.5) is 10.6 Å². The van der Waals surface area contributed by atoms with Crippen molar-refractivity contribution in [3.63, 3.8) is 0 Å². The Hall–Kier alpha value is -5.00. The highest BCUT2D eigenvalue weighted by atomic mass is 16.4. The molecule has 0 spiro atoms. The number of nitrogen functional groups attached to an aromatic ring is 1. The highest BCUT2D eigenvalue weighted by Gasteiger charge is 2.24. The smallest absolute Gasteiger partial charge is 0.407 e. The minimum absolute atomic E-state index is 0.108. The van der Waals surface area contributed by atoms with Gasteiger partial charge in [-0.05, 0) is 43.2 Å². The maximum atomic E-state index is 12.6. The molecule has 0 aliphatic carbocycles. The number of hydrogen-bond acceptors (Lipinski definition) is 7. The third-order valence-electron chi connectivity index (χ3n) is 6.62. The van der Waals surface area contributed by atoms with Gasteiger partial charge < -0.3 is 21.1 Å². The molecule has 4 aromatic rings. The number of aromatic nitrogens is 5. The zero-order chi connectivity index (χ0) is 26.8. The standard InChI is InChI=1S/C26H26N8O4/c1-28-25(36)16-3-2-4-20(11-16)34-23(35)6-5-22(31-34)21-12-17(13-29-24(21)27)18-14-30-33(15-18)19-7-9-32(10-8-19)26(37)38/h2-6,11-15,19H,7-10H2,1H3,(H2,27,29)(H,28,36)(H,37,38). The van der Waals surface area contributed by atoms with Crippen LogP contribution in [0.15, 0.2) is 65.8 Å². The number of nitrogens with zero attached hydrogens (tertiary/aromatic N) is 6. The van der Waals surface area contributed by atoms with E-state index in [1.165, 1.54) is 22.7 Å². The van der Waals surface area contributed by atoms with Crippen LogP contribution in [-0.2, 0) is 0 Å². The van der Waals surface area contributed by atoms with E-state index < -0.39 is 6.09 Å². The number of likely N-dealkylation sites (tertiary alicyclic amines) is 1. The molecule has 1 aliphatic heterocycles. The molecule has 1 fully saturated rings. The first kappa shape index (κ1) is 24.7. The van der Waals surface area contributed by atoms with Gasteiger partial charge >= 0.3 is 6.09 Å². The van der Waals surface area contributed by atoms with Crippen LogP contribution in [-0.4, -0.2) is 66.7 Å². The van der Waals surface area contributed by atoms with Crippen LogP contribution in [0.1, 0.15) is 29.2 Å². The molecule has 38 heavy (non-hydrogen) atoms. The summed E-state index contributed by atoms with van der Waals surface area (Å²) in [6.45, 7) is 0.937. The number of hydrogen-bond donors (Lipinski definition) is 3. The van der Waals surface area contributed by atoms with E-state index in [0.29, 0.717) is 48.4 Å². The number of pyridine rings is 1. The number of nitrogens with one attached hydrogen (secondary N) is 1. The van der Waals surface area contributed by atoms with Crippen molar-refractivity contribution in [3.05, 3.63) is 77.0 Å². The van der Waals surface area contributed by atoms with Crippen molar-refractivity contribution >= 4 is 17.8 Å². The van der Waals surface area contributed by atoms with E-state index >= 15 is 0 Å². The Bertz CT molecular complexity index is 1570. The largest absolute Gasteiger partial charge is 0.465 e. The predicted molar refractivity (Wildman–Crippen MR) is 140 cm³/mol. The van der Waals surface area contributed by atoms with Gasteiger partial charge in [0.05, 0.1) is 23.6 Å². The van der Waals surface area contributed by atoms with Crippen LogP contribution in [0.5, 0.6) is 0 Å². The van der Waals surface area contributed by atoms with Crippen molar-refractivity contribution in [2.45, 2.75) is 18.9 Å². The van der Waals surface area contributed by atoms with Crippen molar-refractivity contribution in [1.29, 1.82) is 0 Å². The maximum absolute atomic E-state index is 12.6. The van der Waals surface area contributed by atoms with Crippen molar-refractivity contribution in [3.8, 4) is 28.1 Å². The highest BCUT2D eigenvalue weighted by molar-refractivity contribution is 5.94. The summed E-state index contributed by atoms with van der Waals surface area (Å²) in [6.07, 6.45) is 5.77. The van der Waals surface area contributed by atoms with E-state index in [9.17, 15) is 19.5 Å². The minimum atomic E-state index is -0.899. The molecular weight excluding hydrogens is 488 g/mol. The molecule has 12 nitrogen and oxygen atoms in total. The molecule has 1 saturated heterocycles. The number of nitrogens with two attached hydrogens (primary N) is 1. The molecule has 12 heteroatoms.